The number of fused-ring (bicyclic) bond motifs is 2. The summed E-state index contributed by atoms with van der Waals surface area (Å²) in [6.07, 6.45) is 5.24. The van der Waals surface area contributed by atoms with Crippen molar-refractivity contribution in [3.63, 3.8) is 0 Å². The highest BCUT2D eigenvalue weighted by Crippen LogP contribution is 2.40. The van der Waals surface area contributed by atoms with Gasteiger partial charge in [-0.25, -0.2) is 10.4 Å². The van der Waals surface area contributed by atoms with E-state index in [4.69, 9.17) is 14.7 Å². The van der Waals surface area contributed by atoms with Crippen LogP contribution >= 0.6 is 0 Å². The third-order valence-electron chi connectivity index (χ3n) is 6.62. The van der Waals surface area contributed by atoms with Gasteiger partial charge >= 0.3 is 0 Å². The Morgan fingerprint density at radius 3 is 2.81 bits per heavy atom. The molecule has 3 aliphatic rings. The molecule has 0 bridgehead atoms. The van der Waals surface area contributed by atoms with Gasteiger partial charge in [0.15, 0.2) is 0 Å². The number of hydrogen-bond acceptors (Lipinski definition) is 7. The SMILES string of the molecule is c1ccc2c(c1)CCCN2c1cc(N2CCOCC2)nc2c(C3CCNN3)nccc12. The summed E-state index contributed by atoms with van der Waals surface area (Å²) in [5.74, 6) is 1.02. The number of hydrazine groups is 1. The van der Waals surface area contributed by atoms with Crippen molar-refractivity contribution in [3.8, 4) is 0 Å². The number of pyridine rings is 2. The maximum Gasteiger partial charge on any atom is 0.131 e. The van der Waals surface area contributed by atoms with Crippen molar-refractivity contribution < 1.29 is 4.74 Å². The summed E-state index contributed by atoms with van der Waals surface area (Å²) in [7, 11) is 0. The number of nitrogens with zero attached hydrogens (tertiary/aromatic N) is 4. The van der Waals surface area contributed by atoms with Gasteiger partial charge < -0.3 is 14.5 Å². The first-order valence-electron chi connectivity index (χ1n) is 11.3. The second-order valence-electron chi connectivity index (χ2n) is 8.49. The molecule has 3 aliphatic heterocycles. The van der Waals surface area contributed by atoms with E-state index in [-0.39, 0.29) is 6.04 Å². The van der Waals surface area contributed by atoms with Crippen molar-refractivity contribution in [1.29, 1.82) is 0 Å². The number of hydrogen-bond donors (Lipinski definition) is 2. The van der Waals surface area contributed by atoms with Crippen LogP contribution in [-0.2, 0) is 11.2 Å². The lowest BCUT2D eigenvalue weighted by Gasteiger charge is -2.34. The number of anilines is 3. The van der Waals surface area contributed by atoms with Crippen LogP contribution in [0.3, 0.4) is 0 Å². The van der Waals surface area contributed by atoms with Crippen LogP contribution in [-0.4, -0.2) is 49.4 Å². The molecule has 2 fully saturated rings. The van der Waals surface area contributed by atoms with Gasteiger partial charge in [0.2, 0.25) is 0 Å². The minimum atomic E-state index is 0.178. The average molecular weight is 417 g/mol. The Labute approximate surface area is 182 Å². The number of nitrogens with one attached hydrogen (secondary N) is 2. The van der Waals surface area contributed by atoms with Crippen LogP contribution < -0.4 is 20.7 Å². The monoisotopic (exact) mass is 416 g/mol. The fraction of sp³-hybridized carbons (Fsp3) is 0.417. The lowest BCUT2D eigenvalue weighted by Crippen LogP contribution is -2.37. The zero-order valence-corrected chi connectivity index (χ0v) is 17.7. The Balaban J connectivity index is 1.55. The molecule has 0 amide bonds. The van der Waals surface area contributed by atoms with Gasteiger partial charge in [0.25, 0.3) is 0 Å². The van der Waals surface area contributed by atoms with Gasteiger partial charge in [-0.05, 0) is 37.0 Å². The molecule has 1 aromatic carbocycles. The molecule has 0 radical (unpaired) electrons. The minimum absolute atomic E-state index is 0.178. The van der Waals surface area contributed by atoms with Gasteiger partial charge in [-0.15, -0.1) is 0 Å². The molecule has 7 nitrogen and oxygen atoms in total. The van der Waals surface area contributed by atoms with Crippen molar-refractivity contribution in [3.05, 3.63) is 53.9 Å². The number of benzene rings is 1. The summed E-state index contributed by atoms with van der Waals surface area (Å²) in [4.78, 5) is 14.8. The molecule has 6 rings (SSSR count). The molecule has 0 spiro atoms. The molecule has 2 aromatic heterocycles. The smallest absolute Gasteiger partial charge is 0.131 e. The summed E-state index contributed by atoms with van der Waals surface area (Å²) in [5.41, 5.74) is 12.6. The Kier molecular flexibility index (Phi) is 4.94. The van der Waals surface area contributed by atoms with Gasteiger partial charge in [-0.2, -0.15) is 0 Å². The van der Waals surface area contributed by atoms with Crippen molar-refractivity contribution in [2.24, 2.45) is 0 Å². The van der Waals surface area contributed by atoms with Crippen molar-refractivity contribution in [1.82, 2.24) is 20.8 Å². The predicted octanol–water partition coefficient (Wildman–Crippen LogP) is 3.09. The molecule has 0 aliphatic carbocycles. The van der Waals surface area contributed by atoms with Crippen molar-refractivity contribution in [2.75, 3.05) is 49.2 Å². The average Bonchev–Trinajstić information content (AvgIpc) is 3.38. The Morgan fingerprint density at radius 1 is 1.03 bits per heavy atom. The molecule has 1 atom stereocenters. The number of morpholine rings is 1. The first-order valence-corrected chi connectivity index (χ1v) is 11.3. The number of ether oxygens (including phenoxy) is 1. The first-order chi connectivity index (χ1) is 15.4. The van der Waals surface area contributed by atoms with Gasteiger partial charge in [-0.1, -0.05) is 18.2 Å². The largest absolute Gasteiger partial charge is 0.378 e. The lowest BCUT2D eigenvalue weighted by atomic mass is 9.99. The maximum atomic E-state index is 5.60. The Morgan fingerprint density at radius 2 is 1.94 bits per heavy atom. The third kappa shape index (κ3) is 3.43. The fourth-order valence-corrected chi connectivity index (χ4v) is 5.05. The van der Waals surface area contributed by atoms with Crippen molar-refractivity contribution >= 4 is 28.1 Å². The van der Waals surface area contributed by atoms with Crippen LogP contribution in [0, 0.1) is 0 Å². The number of rotatable bonds is 3. The second-order valence-corrected chi connectivity index (χ2v) is 8.49. The zero-order valence-electron chi connectivity index (χ0n) is 17.7. The number of aryl methyl sites for hydroxylation is 1. The second kappa shape index (κ2) is 8.07. The first kappa shape index (κ1) is 19.0. The molecule has 5 heterocycles. The third-order valence-corrected chi connectivity index (χ3v) is 6.62. The highest BCUT2D eigenvalue weighted by Gasteiger charge is 2.26. The van der Waals surface area contributed by atoms with E-state index >= 15 is 0 Å². The van der Waals surface area contributed by atoms with Crippen LogP contribution in [0.1, 0.15) is 30.1 Å². The predicted molar refractivity (Wildman–Crippen MR) is 123 cm³/mol. The highest BCUT2D eigenvalue weighted by molar-refractivity contribution is 5.97. The molecular formula is C24H28N6O. The van der Waals surface area contributed by atoms with Crippen LogP contribution in [0.5, 0.6) is 0 Å². The molecule has 3 aromatic rings. The van der Waals surface area contributed by atoms with E-state index in [1.165, 1.54) is 22.3 Å². The van der Waals surface area contributed by atoms with E-state index in [1.54, 1.807) is 0 Å². The Bertz CT molecular complexity index is 1090. The van der Waals surface area contributed by atoms with Gasteiger partial charge in [0, 0.05) is 49.5 Å². The molecular weight excluding hydrogens is 388 g/mol. The van der Waals surface area contributed by atoms with Gasteiger partial charge in [0.1, 0.15) is 5.82 Å². The zero-order chi connectivity index (χ0) is 20.6. The summed E-state index contributed by atoms with van der Waals surface area (Å²) in [6, 6.07) is 13.4. The van der Waals surface area contributed by atoms with E-state index in [0.717, 1.165) is 75.7 Å². The normalized spacial score (nSPS) is 21.5. The topological polar surface area (TPSA) is 65.6 Å². The van der Waals surface area contributed by atoms with E-state index in [0.29, 0.717) is 0 Å². The highest BCUT2D eigenvalue weighted by atomic mass is 16.5. The molecule has 1 unspecified atom stereocenters. The summed E-state index contributed by atoms with van der Waals surface area (Å²) in [5, 5.41) is 1.17. The van der Waals surface area contributed by atoms with Crippen LogP contribution in [0.4, 0.5) is 17.2 Å². The van der Waals surface area contributed by atoms with E-state index in [1.807, 2.05) is 6.20 Å². The molecule has 160 valence electrons. The summed E-state index contributed by atoms with van der Waals surface area (Å²) < 4.78 is 5.60. The van der Waals surface area contributed by atoms with Gasteiger partial charge in [0.05, 0.1) is 36.2 Å². The Hall–Kier alpha value is -2.74. The van der Waals surface area contributed by atoms with Crippen LogP contribution in [0.15, 0.2) is 42.6 Å². The fourth-order valence-electron chi connectivity index (χ4n) is 5.05. The number of aromatic nitrogens is 2. The summed E-state index contributed by atoms with van der Waals surface area (Å²) >= 11 is 0. The molecule has 2 saturated heterocycles. The van der Waals surface area contributed by atoms with Crippen molar-refractivity contribution in [2.45, 2.75) is 25.3 Å². The molecule has 2 N–H and O–H groups in total. The van der Waals surface area contributed by atoms with Gasteiger partial charge in [-0.3, -0.25) is 10.4 Å². The lowest BCUT2D eigenvalue weighted by molar-refractivity contribution is 0.122. The number of para-hydroxylation sites is 1. The minimum Gasteiger partial charge on any atom is -0.378 e. The van der Waals surface area contributed by atoms with E-state index < -0.39 is 0 Å². The maximum absolute atomic E-state index is 5.60. The van der Waals surface area contributed by atoms with Crippen LogP contribution in [0.2, 0.25) is 0 Å². The standard InChI is InChI=1S/C24H28N6O/c1-2-6-20-17(4-1)5-3-11-30(20)21-16-22(29-12-14-31-15-13-29)27-23-18(21)7-9-25-24(23)19-8-10-26-28-19/h1-2,4,6-7,9,16,19,26,28H,3,5,8,10-15H2. The molecule has 31 heavy (non-hydrogen) atoms. The van der Waals surface area contributed by atoms with E-state index in [2.05, 4.69) is 57.0 Å². The quantitative estimate of drug-likeness (QED) is 0.680. The molecule has 0 saturated carbocycles. The van der Waals surface area contributed by atoms with E-state index in [9.17, 15) is 0 Å². The molecule has 7 heteroatoms. The van der Waals surface area contributed by atoms with Crippen LogP contribution in [0.25, 0.3) is 10.9 Å². The summed E-state index contributed by atoms with van der Waals surface area (Å²) in [6.45, 7) is 5.18.